The van der Waals surface area contributed by atoms with Crippen molar-refractivity contribution in [3.8, 4) is 0 Å². The Kier molecular flexibility index (Phi) is 5.40. The third-order valence-electron chi connectivity index (χ3n) is 3.18. The molecule has 2 N–H and O–H groups in total. The van der Waals surface area contributed by atoms with Crippen molar-refractivity contribution in [3.63, 3.8) is 0 Å². The van der Waals surface area contributed by atoms with Gasteiger partial charge in [0.25, 0.3) is 0 Å². The number of carbonyl (C=O) groups is 1. The SMILES string of the molecule is CC(NC/C=C/C(=O)O)C1CCCCC1. The smallest absolute Gasteiger partial charge is 0.328 e. The van der Waals surface area contributed by atoms with Crippen LogP contribution in [-0.2, 0) is 4.79 Å². The van der Waals surface area contributed by atoms with Crippen LogP contribution in [0.4, 0.5) is 0 Å². The van der Waals surface area contributed by atoms with Crippen LogP contribution in [0.5, 0.6) is 0 Å². The molecule has 1 unspecified atom stereocenters. The monoisotopic (exact) mass is 211 g/mol. The number of aliphatic carboxylic acids is 1. The van der Waals surface area contributed by atoms with Crippen molar-refractivity contribution in [1.29, 1.82) is 0 Å². The normalized spacial score (nSPS) is 20.6. The van der Waals surface area contributed by atoms with E-state index in [1.54, 1.807) is 6.08 Å². The third kappa shape index (κ3) is 4.98. The van der Waals surface area contributed by atoms with E-state index in [2.05, 4.69) is 12.2 Å². The van der Waals surface area contributed by atoms with Gasteiger partial charge in [0, 0.05) is 18.7 Å². The topological polar surface area (TPSA) is 49.3 Å². The zero-order valence-corrected chi connectivity index (χ0v) is 9.41. The van der Waals surface area contributed by atoms with E-state index in [0.717, 1.165) is 5.92 Å². The van der Waals surface area contributed by atoms with E-state index in [4.69, 9.17) is 5.11 Å². The molecule has 1 fully saturated rings. The van der Waals surface area contributed by atoms with Crippen molar-refractivity contribution in [2.24, 2.45) is 5.92 Å². The van der Waals surface area contributed by atoms with Crippen LogP contribution in [-0.4, -0.2) is 23.7 Å². The summed E-state index contributed by atoms with van der Waals surface area (Å²) in [5.41, 5.74) is 0. The van der Waals surface area contributed by atoms with Crippen LogP contribution >= 0.6 is 0 Å². The minimum atomic E-state index is -0.873. The Morgan fingerprint density at radius 3 is 2.73 bits per heavy atom. The first kappa shape index (κ1) is 12.2. The second-order valence-corrected chi connectivity index (χ2v) is 4.34. The van der Waals surface area contributed by atoms with Crippen LogP contribution in [0.1, 0.15) is 39.0 Å². The molecule has 0 aromatic carbocycles. The summed E-state index contributed by atoms with van der Waals surface area (Å²) in [5.74, 6) is -0.0981. The van der Waals surface area contributed by atoms with Crippen LogP contribution in [0.3, 0.4) is 0 Å². The van der Waals surface area contributed by atoms with Crippen LogP contribution in [0, 0.1) is 5.92 Å². The minimum Gasteiger partial charge on any atom is -0.478 e. The molecule has 1 aliphatic rings. The number of hydrogen-bond donors (Lipinski definition) is 2. The molecule has 0 aromatic heterocycles. The zero-order valence-electron chi connectivity index (χ0n) is 9.41. The average Bonchev–Trinajstić information content (AvgIpc) is 2.25. The van der Waals surface area contributed by atoms with Crippen molar-refractivity contribution in [2.75, 3.05) is 6.54 Å². The van der Waals surface area contributed by atoms with E-state index in [0.29, 0.717) is 12.6 Å². The van der Waals surface area contributed by atoms with Gasteiger partial charge in [0.1, 0.15) is 0 Å². The number of nitrogens with one attached hydrogen (secondary N) is 1. The van der Waals surface area contributed by atoms with Crippen LogP contribution in [0.2, 0.25) is 0 Å². The lowest BCUT2D eigenvalue weighted by Gasteiger charge is -2.28. The van der Waals surface area contributed by atoms with Gasteiger partial charge in [-0.3, -0.25) is 0 Å². The second kappa shape index (κ2) is 6.62. The van der Waals surface area contributed by atoms with Gasteiger partial charge in [0.15, 0.2) is 0 Å². The molecule has 0 radical (unpaired) electrons. The van der Waals surface area contributed by atoms with Crippen molar-refractivity contribution in [3.05, 3.63) is 12.2 Å². The Morgan fingerprint density at radius 2 is 2.13 bits per heavy atom. The van der Waals surface area contributed by atoms with Crippen LogP contribution < -0.4 is 5.32 Å². The Labute approximate surface area is 91.6 Å². The number of carboxylic acid groups (broad SMARTS) is 1. The molecule has 0 spiro atoms. The average molecular weight is 211 g/mol. The molecule has 1 atom stereocenters. The number of carboxylic acids is 1. The molecule has 0 amide bonds. The van der Waals surface area contributed by atoms with Gasteiger partial charge < -0.3 is 10.4 Å². The van der Waals surface area contributed by atoms with E-state index in [1.807, 2.05) is 0 Å². The third-order valence-corrected chi connectivity index (χ3v) is 3.18. The van der Waals surface area contributed by atoms with E-state index in [1.165, 1.54) is 38.2 Å². The summed E-state index contributed by atoms with van der Waals surface area (Å²) in [7, 11) is 0. The lowest BCUT2D eigenvalue weighted by atomic mass is 9.84. The fraction of sp³-hybridized carbons (Fsp3) is 0.750. The van der Waals surface area contributed by atoms with Gasteiger partial charge in [-0.2, -0.15) is 0 Å². The largest absolute Gasteiger partial charge is 0.478 e. The van der Waals surface area contributed by atoms with Gasteiger partial charge in [-0.25, -0.2) is 4.79 Å². The summed E-state index contributed by atoms with van der Waals surface area (Å²) in [5, 5.41) is 11.8. The van der Waals surface area contributed by atoms with E-state index >= 15 is 0 Å². The first-order valence-corrected chi connectivity index (χ1v) is 5.83. The van der Waals surface area contributed by atoms with Gasteiger partial charge in [-0.15, -0.1) is 0 Å². The van der Waals surface area contributed by atoms with Gasteiger partial charge in [-0.1, -0.05) is 25.3 Å². The highest BCUT2D eigenvalue weighted by molar-refractivity contribution is 5.79. The molecule has 0 aromatic rings. The Morgan fingerprint density at radius 1 is 1.47 bits per heavy atom. The van der Waals surface area contributed by atoms with Crippen molar-refractivity contribution < 1.29 is 9.90 Å². The zero-order chi connectivity index (χ0) is 11.1. The van der Waals surface area contributed by atoms with Crippen LogP contribution in [0.15, 0.2) is 12.2 Å². The highest BCUT2D eigenvalue weighted by Crippen LogP contribution is 2.26. The second-order valence-electron chi connectivity index (χ2n) is 4.34. The standard InChI is InChI=1S/C12H21NO2/c1-10(11-6-3-2-4-7-11)13-9-5-8-12(14)15/h5,8,10-11,13H,2-4,6-7,9H2,1H3,(H,14,15)/b8-5+. The molecule has 1 saturated carbocycles. The van der Waals surface area contributed by atoms with Gasteiger partial charge in [-0.05, 0) is 25.7 Å². The molecule has 1 aliphatic carbocycles. The summed E-state index contributed by atoms with van der Waals surface area (Å²) in [6, 6.07) is 0.503. The first-order valence-electron chi connectivity index (χ1n) is 5.83. The van der Waals surface area contributed by atoms with Gasteiger partial charge in [0.05, 0.1) is 0 Å². The first-order chi connectivity index (χ1) is 7.20. The molecule has 3 nitrogen and oxygen atoms in total. The molecule has 1 rings (SSSR count). The maximum atomic E-state index is 10.2. The maximum Gasteiger partial charge on any atom is 0.328 e. The molecule has 15 heavy (non-hydrogen) atoms. The van der Waals surface area contributed by atoms with Crippen molar-refractivity contribution >= 4 is 5.97 Å². The summed E-state index contributed by atoms with van der Waals surface area (Å²) >= 11 is 0. The molecular weight excluding hydrogens is 190 g/mol. The molecule has 0 saturated heterocycles. The molecular formula is C12H21NO2. The number of rotatable bonds is 5. The highest BCUT2D eigenvalue weighted by atomic mass is 16.4. The Balaban J connectivity index is 2.17. The van der Waals surface area contributed by atoms with Gasteiger partial charge in [0.2, 0.25) is 0 Å². The van der Waals surface area contributed by atoms with E-state index in [9.17, 15) is 4.79 Å². The van der Waals surface area contributed by atoms with Gasteiger partial charge >= 0.3 is 5.97 Å². The Bertz CT molecular complexity index is 220. The lowest BCUT2D eigenvalue weighted by molar-refractivity contribution is -0.131. The van der Waals surface area contributed by atoms with E-state index in [-0.39, 0.29) is 0 Å². The van der Waals surface area contributed by atoms with Crippen LogP contribution in [0.25, 0.3) is 0 Å². The number of hydrogen-bond acceptors (Lipinski definition) is 2. The molecule has 3 heteroatoms. The molecule has 0 bridgehead atoms. The minimum absolute atomic E-state index is 0.503. The van der Waals surface area contributed by atoms with Crippen molar-refractivity contribution in [1.82, 2.24) is 5.32 Å². The Hall–Kier alpha value is -0.830. The fourth-order valence-corrected chi connectivity index (χ4v) is 2.21. The molecule has 0 aliphatic heterocycles. The predicted molar refractivity (Wildman–Crippen MR) is 60.8 cm³/mol. The summed E-state index contributed by atoms with van der Waals surface area (Å²) in [6.45, 7) is 2.86. The quantitative estimate of drug-likeness (QED) is 0.685. The molecule has 0 heterocycles. The highest BCUT2D eigenvalue weighted by Gasteiger charge is 2.18. The lowest BCUT2D eigenvalue weighted by Crippen LogP contribution is -2.34. The summed E-state index contributed by atoms with van der Waals surface area (Å²) in [6.07, 6.45) is 9.57. The maximum absolute atomic E-state index is 10.2. The summed E-state index contributed by atoms with van der Waals surface area (Å²) in [4.78, 5) is 10.2. The fourth-order valence-electron chi connectivity index (χ4n) is 2.21. The molecule has 86 valence electrons. The predicted octanol–water partition coefficient (Wildman–Crippen LogP) is 2.19. The summed E-state index contributed by atoms with van der Waals surface area (Å²) < 4.78 is 0. The van der Waals surface area contributed by atoms with E-state index < -0.39 is 5.97 Å². The van der Waals surface area contributed by atoms with Crippen molar-refractivity contribution in [2.45, 2.75) is 45.1 Å².